The van der Waals surface area contributed by atoms with Gasteiger partial charge in [0.05, 0.1) is 4.90 Å². The maximum Gasteiger partial charge on any atom is 0.287 e. The van der Waals surface area contributed by atoms with Crippen molar-refractivity contribution in [2.45, 2.75) is 49.8 Å². The monoisotopic (exact) mass is 404 g/mol. The number of benzene rings is 1. The van der Waals surface area contributed by atoms with E-state index in [1.54, 1.807) is 37.3 Å². The highest BCUT2D eigenvalue weighted by Gasteiger charge is 2.21. The van der Waals surface area contributed by atoms with Crippen LogP contribution in [0, 0.1) is 6.92 Å². The average Bonchev–Trinajstić information content (AvgIpc) is 3.11. The largest absolute Gasteiger partial charge is 0.455 e. The van der Waals surface area contributed by atoms with E-state index in [4.69, 9.17) is 4.42 Å². The Morgan fingerprint density at radius 2 is 2.00 bits per heavy atom. The second-order valence-electron chi connectivity index (χ2n) is 7.43. The van der Waals surface area contributed by atoms with E-state index in [0.29, 0.717) is 18.2 Å². The van der Waals surface area contributed by atoms with Gasteiger partial charge in [-0.05, 0) is 57.0 Å². The topological polar surface area (TPSA) is 79.6 Å². The van der Waals surface area contributed by atoms with Gasteiger partial charge in [-0.25, -0.2) is 8.42 Å². The Morgan fingerprint density at radius 3 is 2.75 bits per heavy atom. The molecule has 2 heterocycles. The SMILES string of the molecule is Cc1ccccc1S(=O)(=O)Cc1ccc(C(=O)NCCN2CCCC[C@@H]2C)o1. The summed E-state index contributed by atoms with van der Waals surface area (Å²) >= 11 is 0. The van der Waals surface area contributed by atoms with Gasteiger partial charge in [0.25, 0.3) is 5.91 Å². The number of rotatable bonds is 7. The van der Waals surface area contributed by atoms with Gasteiger partial charge in [0.15, 0.2) is 15.6 Å². The molecule has 0 aliphatic carbocycles. The lowest BCUT2D eigenvalue weighted by atomic mass is 10.0. The van der Waals surface area contributed by atoms with Crippen LogP contribution in [0.3, 0.4) is 0 Å². The Labute approximate surface area is 166 Å². The first-order chi connectivity index (χ1) is 13.4. The Kier molecular flexibility index (Phi) is 6.57. The summed E-state index contributed by atoms with van der Waals surface area (Å²) in [5, 5.41) is 2.86. The first-order valence-electron chi connectivity index (χ1n) is 9.76. The molecular weight excluding hydrogens is 376 g/mol. The van der Waals surface area contributed by atoms with E-state index < -0.39 is 9.84 Å². The summed E-state index contributed by atoms with van der Waals surface area (Å²) in [6.07, 6.45) is 3.67. The molecule has 0 radical (unpaired) electrons. The fourth-order valence-electron chi connectivity index (χ4n) is 3.64. The van der Waals surface area contributed by atoms with E-state index in [2.05, 4.69) is 17.1 Å². The minimum Gasteiger partial charge on any atom is -0.455 e. The van der Waals surface area contributed by atoms with Crippen molar-refractivity contribution in [2.24, 2.45) is 0 Å². The zero-order chi connectivity index (χ0) is 20.1. The minimum absolute atomic E-state index is 0.140. The number of piperidine rings is 1. The summed E-state index contributed by atoms with van der Waals surface area (Å²) in [4.78, 5) is 15.0. The van der Waals surface area contributed by atoms with Gasteiger partial charge < -0.3 is 9.73 Å². The minimum atomic E-state index is -3.53. The molecule has 6 nitrogen and oxygen atoms in total. The molecule has 1 aliphatic rings. The van der Waals surface area contributed by atoms with Crippen LogP contribution in [0.2, 0.25) is 0 Å². The van der Waals surface area contributed by atoms with Crippen LogP contribution >= 0.6 is 0 Å². The smallest absolute Gasteiger partial charge is 0.287 e. The normalized spacial score (nSPS) is 18.1. The van der Waals surface area contributed by atoms with Crippen molar-refractivity contribution in [3.8, 4) is 0 Å². The molecule has 0 unspecified atom stereocenters. The molecule has 1 aromatic carbocycles. The van der Waals surface area contributed by atoms with Crippen LogP contribution in [0.15, 0.2) is 45.7 Å². The molecule has 0 spiro atoms. The molecule has 0 bridgehead atoms. The second-order valence-corrected chi connectivity index (χ2v) is 9.39. The van der Waals surface area contributed by atoms with E-state index in [-0.39, 0.29) is 28.1 Å². The lowest BCUT2D eigenvalue weighted by Gasteiger charge is -2.33. The summed E-state index contributed by atoms with van der Waals surface area (Å²) < 4.78 is 30.7. The number of amides is 1. The molecule has 1 amide bonds. The van der Waals surface area contributed by atoms with Crippen LogP contribution in [0.4, 0.5) is 0 Å². The zero-order valence-electron chi connectivity index (χ0n) is 16.5. The number of furan rings is 1. The van der Waals surface area contributed by atoms with Crippen LogP contribution in [0.5, 0.6) is 0 Å². The number of hydrogen-bond donors (Lipinski definition) is 1. The Hall–Kier alpha value is -2.12. The number of hydrogen-bond acceptors (Lipinski definition) is 5. The van der Waals surface area contributed by atoms with E-state index >= 15 is 0 Å². The third kappa shape index (κ3) is 5.02. The molecule has 2 aromatic rings. The van der Waals surface area contributed by atoms with E-state index in [9.17, 15) is 13.2 Å². The molecule has 1 fully saturated rings. The number of nitrogens with one attached hydrogen (secondary N) is 1. The lowest BCUT2D eigenvalue weighted by Crippen LogP contribution is -2.42. The van der Waals surface area contributed by atoms with Gasteiger partial charge in [-0.15, -0.1) is 0 Å². The lowest BCUT2D eigenvalue weighted by molar-refractivity contribution is 0.0909. The van der Waals surface area contributed by atoms with Crippen molar-refractivity contribution in [3.05, 3.63) is 53.5 Å². The zero-order valence-corrected chi connectivity index (χ0v) is 17.3. The molecule has 1 aromatic heterocycles. The van der Waals surface area contributed by atoms with Crippen LogP contribution in [0.1, 0.15) is 48.1 Å². The molecule has 1 aliphatic heterocycles. The first kappa shape index (κ1) is 20.6. The van der Waals surface area contributed by atoms with Crippen molar-refractivity contribution < 1.29 is 17.6 Å². The fraction of sp³-hybridized carbons (Fsp3) is 0.476. The van der Waals surface area contributed by atoms with Crippen molar-refractivity contribution in [3.63, 3.8) is 0 Å². The summed E-state index contributed by atoms with van der Waals surface area (Å²) in [7, 11) is -3.53. The summed E-state index contributed by atoms with van der Waals surface area (Å²) in [5.74, 6) is -0.180. The maximum absolute atomic E-state index is 12.6. The third-order valence-corrected chi connectivity index (χ3v) is 7.06. The predicted octanol–water partition coefficient (Wildman–Crippen LogP) is 3.17. The quantitative estimate of drug-likeness (QED) is 0.767. The molecule has 152 valence electrons. The number of nitrogens with zero attached hydrogens (tertiary/aromatic N) is 1. The predicted molar refractivity (Wildman–Crippen MR) is 108 cm³/mol. The Morgan fingerprint density at radius 1 is 1.21 bits per heavy atom. The second kappa shape index (κ2) is 8.92. The van der Waals surface area contributed by atoms with Crippen LogP contribution in [-0.4, -0.2) is 44.9 Å². The number of carbonyl (C=O) groups is 1. The number of sulfone groups is 1. The first-order valence-corrected chi connectivity index (χ1v) is 11.4. The molecule has 1 N–H and O–H groups in total. The molecule has 1 saturated heterocycles. The van der Waals surface area contributed by atoms with Crippen molar-refractivity contribution in [2.75, 3.05) is 19.6 Å². The summed E-state index contributed by atoms with van der Waals surface area (Å²) in [5.41, 5.74) is 0.693. The van der Waals surface area contributed by atoms with E-state index in [1.165, 1.54) is 25.3 Å². The van der Waals surface area contributed by atoms with Crippen molar-refractivity contribution in [1.29, 1.82) is 0 Å². The highest BCUT2D eigenvalue weighted by molar-refractivity contribution is 7.90. The van der Waals surface area contributed by atoms with Gasteiger partial charge in [0, 0.05) is 19.1 Å². The molecule has 1 atom stereocenters. The van der Waals surface area contributed by atoms with Crippen LogP contribution in [0.25, 0.3) is 0 Å². The van der Waals surface area contributed by atoms with Crippen molar-refractivity contribution >= 4 is 15.7 Å². The van der Waals surface area contributed by atoms with Gasteiger partial charge in [0.1, 0.15) is 11.5 Å². The van der Waals surface area contributed by atoms with Crippen LogP contribution < -0.4 is 5.32 Å². The Bertz CT molecular complexity index is 920. The van der Waals surface area contributed by atoms with E-state index in [0.717, 1.165) is 13.1 Å². The molecule has 7 heteroatoms. The Balaban J connectivity index is 1.56. The summed E-state index contributed by atoms with van der Waals surface area (Å²) in [6, 6.07) is 10.5. The van der Waals surface area contributed by atoms with Crippen LogP contribution in [-0.2, 0) is 15.6 Å². The molecular formula is C21H28N2O4S. The van der Waals surface area contributed by atoms with Gasteiger partial charge in [0.2, 0.25) is 0 Å². The average molecular weight is 405 g/mol. The van der Waals surface area contributed by atoms with Crippen molar-refractivity contribution in [1.82, 2.24) is 10.2 Å². The third-order valence-electron chi connectivity index (χ3n) is 5.27. The standard InChI is InChI=1S/C21H28N2O4S/c1-16-7-3-4-9-20(16)28(25,26)15-18-10-11-19(27-18)21(24)22-12-14-23-13-6-5-8-17(23)2/h3-4,7,9-11,17H,5-6,8,12-15H2,1-2H3,(H,22,24)/t17-/m0/s1. The van der Waals surface area contributed by atoms with Gasteiger partial charge >= 0.3 is 0 Å². The van der Waals surface area contributed by atoms with Gasteiger partial charge in [-0.1, -0.05) is 24.6 Å². The molecule has 3 rings (SSSR count). The number of aryl methyl sites for hydroxylation is 1. The number of carbonyl (C=O) groups excluding carboxylic acids is 1. The molecule has 0 saturated carbocycles. The highest BCUT2D eigenvalue weighted by Crippen LogP contribution is 2.21. The fourth-order valence-corrected chi connectivity index (χ4v) is 5.17. The van der Waals surface area contributed by atoms with Gasteiger partial charge in [-0.2, -0.15) is 0 Å². The maximum atomic E-state index is 12.6. The van der Waals surface area contributed by atoms with Gasteiger partial charge in [-0.3, -0.25) is 9.69 Å². The summed E-state index contributed by atoms with van der Waals surface area (Å²) in [6.45, 7) is 6.40. The highest BCUT2D eigenvalue weighted by atomic mass is 32.2. The number of likely N-dealkylation sites (tertiary alicyclic amines) is 1. The van der Waals surface area contributed by atoms with E-state index in [1.807, 2.05) is 0 Å². The molecule has 28 heavy (non-hydrogen) atoms.